The number of hydrogen-bond acceptors (Lipinski definition) is 5. The van der Waals surface area contributed by atoms with Crippen LogP contribution in [0.5, 0.6) is 5.75 Å². The Morgan fingerprint density at radius 3 is 2.65 bits per heavy atom. The van der Waals surface area contributed by atoms with Crippen LogP contribution in [-0.4, -0.2) is 35.4 Å². The van der Waals surface area contributed by atoms with E-state index in [1.54, 1.807) is 12.1 Å². The molecular weight excluding hydrogens is 340 g/mol. The van der Waals surface area contributed by atoms with Gasteiger partial charge in [-0.15, -0.1) is 0 Å². The van der Waals surface area contributed by atoms with Gasteiger partial charge in [-0.05, 0) is 37.6 Å². The van der Waals surface area contributed by atoms with Gasteiger partial charge in [0.25, 0.3) is 6.43 Å². The van der Waals surface area contributed by atoms with Crippen LogP contribution in [0.2, 0.25) is 0 Å². The number of rotatable bonds is 5. The van der Waals surface area contributed by atoms with Crippen LogP contribution in [0, 0.1) is 0 Å². The zero-order valence-electron chi connectivity index (χ0n) is 14.7. The highest BCUT2D eigenvalue weighted by molar-refractivity contribution is 5.68. The van der Waals surface area contributed by atoms with Crippen molar-refractivity contribution < 1.29 is 18.3 Å². The summed E-state index contributed by atoms with van der Waals surface area (Å²) in [5.41, 5.74) is 1.79. The molecule has 1 aromatic heterocycles. The number of alkyl halides is 2. The van der Waals surface area contributed by atoms with Crippen molar-refractivity contribution in [1.82, 2.24) is 9.99 Å². The number of benzene rings is 1. The molecule has 5 nitrogen and oxygen atoms in total. The molecule has 2 aromatic rings. The summed E-state index contributed by atoms with van der Waals surface area (Å²) in [6.07, 6.45) is -2.55. The van der Waals surface area contributed by atoms with Gasteiger partial charge in [0.1, 0.15) is 17.3 Å². The van der Waals surface area contributed by atoms with Crippen molar-refractivity contribution in [2.24, 2.45) is 0 Å². The lowest BCUT2D eigenvalue weighted by molar-refractivity contribution is -0.0650. The fourth-order valence-electron chi connectivity index (χ4n) is 3.23. The van der Waals surface area contributed by atoms with Crippen molar-refractivity contribution in [1.29, 1.82) is 0 Å². The van der Waals surface area contributed by atoms with E-state index in [4.69, 9.17) is 9.47 Å². The summed E-state index contributed by atoms with van der Waals surface area (Å²) in [7, 11) is 0. The predicted octanol–water partition coefficient (Wildman–Crippen LogP) is 4.07. The molecule has 0 aliphatic carbocycles. The topological polar surface area (TPSA) is 37.8 Å². The van der Waals surface area contributed by atoms with Crippen LogP contribution < -0.4 is 9.75 Å². The molecule has 0 N–H and O–H groups in total. The van der Waals surface area contributed by atoms with E-state index in [9.17, 15) is 8.78 Å². The van der Waals surface area contributed by atoms with Crippen molar-refractivity contribution in [3.8, 4) is 5.75 Å². The zero-order chi connectivity index (χ0) is 18.3. The van der Waals surface area contributed by atoms with Crippen molar-refractivity contribution >= 4 is 11.5 Å². The molecule has 1 fully saturated rings. The van der Waals surface area contributed by atoms with Gasteiger partial charge in [0.2, 0.25) is 0 Å². The number of aromatic nitrogens is 1. The van der Waals surface area contributed by atoms with E-state index in [-0.39, 0.29) is 17.8 Å². The molecule has 2 aliphatic heterocycles. The van der Waals surface area contributed by atoms with E-state index >= 15 is 0 Å². The maximum Gasteiger partial charge on any atom is 0.280 e. The highest BCUT2D eigenvalue weighted by Gasteiger charge is 2.38. The number of anilines is 2. The van der Waals surface area contributed by atoms with Crippen LogP contribution in [0.1, 0.15) is 31.5 Å². The first kappa shape index (κ1) is 17.2. The Kier molecular flexibility index (Phi) is 4.50. The summed E-state index contributed by atoms with van der Waals surface area (Å²) in [4.78, 5) is 4.19. The van der Waals surface area contributed by atoms with Crippen LogP contribution in [0.25, 0.3) is 0 Å². The lowest BCUT2D eigenvalue weighted by atomic mass is 10.1. The quantitative estimate of drug-likeness (QED) is 0.802. The monoisotopic (exact) mass is 361 g/mol. The molecule has 0 atom stereocenters. The third-order valence-electron chi connectivity index (χ3n) is 4.48. The Hall–Kier alpha value is -2.25. The van der Waals surface area contributed by atoms with E-state index in [0.29, 0.717) is 25.6 Å². The summed E-state index contributed by atoms with van der Waals surface area (Å²) in [5.74, 6) is 1.23. The molecule has 26 heavy (non-hydrogen) atoms. The minimum atomic E-state index is -2.60. The second kappa shape index (κ2) is 6.81. The van der Waals surface area contributed by atoms with Crippen molar-refractivity contribution in [2.45, 2.75) is 39.0 Å². The summed E-state index contributed by atoms with van der Waals surface area (Å²) in [6, 6.07) is 10.8. The average molecular weight is 361 g/mol. The normalized spacial score (nSPS) is 17.7. The number of nitrogens with zero attached hydrogens (tertiary/aromatic N) is 3. The Bertz CT molecular complexity index is 796. The smallest absolute Gasteiger partial charge is 0.280 e. The molecule has 138 valence electrons. The fourth-order valence-corrected chi connectivity index (χ4v) is 3.23. The first-order chi connectivity index (χ1) is 12.5. The summed E-state index contributed by atoms with van der Waals surface area (Å²) in [6.45, 7) is 5.86. The van der Waals surface area contributed by atoms with Gasteiger partial charge in [0, 0.05) is 12.6 Å². The van der Waals surface area contributed by atoms with Gasteiger partial charge in [-0.3, -0.25) is 5.01 Å². The van der Waals surface area contributed by atoms with Gasteiger partial charge >= 0.3 is 0 Å². The molecule has 3 heterocycles. The van der Waals surface area contributed by atoms with Gasteiger partial charge in [-0.25, -0.2) is 18.8 Å². The van der Waals surface area contributed by atoms with E-state index in [1.807, 2.05) is 37.1 Å². The highest BCUT2D eigenvalue weighted by atomic mass is 19.3. The number of fused-ring (bicyclic) bond motifs is 1. The summed E-state index contributed by atoms with van der Waals surface area (Å²) in [5, 5.41) is 4.05. The maximum atomic E-state index is 13.1. The predicted molar refractivity (Wildman–Crippen MR) is 93.7 cm³/mol. The molecule has 1 saturated heterocycles. The molecule has 0 saturated carbocycles. The van der Waals surface area contributed by atoms with Crippen molar-refractivity contribution in [3.05, 3.63) is 47.7 Å². The third-order valence-corrected chi connectivity index (χ3v) is 4.48. The number of ether oxygens (including phenoxy) is 2. The number of hydrogen-bond donors (Lipinski definition) is 0. The van der Waals surface area contributed by atoms with Gasteiger partial charge in [-0.1, -0.05) is 12.1 Å². The Labute approximate surface area is 151 Å². The van der Waals surface area contributed by atoms with Crippen molar-refractivity contribution in [3.63, 3.8) is 0 Å². The number of hydrazine groups is 1. The number of halogens is 2. The average Bonchev–Trinajstić information content (AvgIpc) is 2.90. The summed E-state index contributed by atoms with van der Waals surface area (Å²) < 4.78 is 37.4. The van der Waals surface area contributed by atoms with E-state index in [0.717, 1.165) is 17.0 Å². The second-order valence-electron chi connectivity index (χ2n) is 6.78. The fraction of sp³-hybridized carbons (Fsp3) is 0.421. The van der Waals surface area contributed by atoms with Crippen LogP contribution in [-0.2, 0) is 11.3 Å². The van der Waals surface area contributed by atoms with E-state index < -0.39 is 6.43 Å². The van der Waals surface area contributed by atoms with Crippen molar-refractivity contribution in [2.75, 3.05) is 18.2 Å². The molecule has 7 heteroatoms. The molecule has 0 spiro atoms. The molecule has 0 amide bonds. The first-order valence-electron chi connectivity index (χ1n) is 8.72. The van der Waals surface area contributed by atoms with Gasteiger partial charge in [-0.2, -0.15) is 0 Å². The lowest BCUT2D eigenvalue weighted by Crippen LogP contribution is -2.52. The SMILES string of the molecule is CC(C)Oc1ccc2c(c1)N(c1cccc(C(F)F)n1)N(C1COC1)C2. The molecule has 0 bridgehead atoms. The van der Waals surface area contributed by atoms with E-state index in [1.165, 1.54) is 6.07 Å². The van der Waals surface area contributed by atoms with Gasteiger partial charge in [0.05, 0.1) is 31.0 Å². The third kappa shape index (κ3) is 3.12. The zero-order valence-corrected chi connectivity index (χ0v) is 14.7. The van der Waals surface area contributed by atoms with Crippen LogP contribution >= 0.6 is 0 Å². The minimum Gasteiger partial charge on any atom is -0.491 e. The first-order valence-corrected chi connectivity index (χ1v) is 8.72. The summed E-state index contributed by atoms with van der Waals surface area (Å²) >= 11 is 0. The largest absolute Gasteiger partial charge is 0.491 e. The molecule has 2 aliphatic rings. The Morgan fingerprint density at radius 2 is 2.00 bits per heavy atom. The van der Waals surface area contributed by atoms with Crippen LogP contribution in [0.15, 0.2) is 36.4 Å². The Balaban J connectivity index is 1.75. The van der Waals surface area contributed by atoms with Gasteiger partial charge < -0.3 is 9.47 Å². The second-order valence-corrected chi connectivity index (χ2v) is 6.78. The molecule has 0 radical (unpaired) electrons. The maximum absolute atomic E-state index is 13.1. The standard InChI is InChI=1S/C19H21F2N3O2/c1-12(2)26-15-7-6-13-9-23(14-10-25-11-14)24(17(13)8-15)18-5-3-4-16(22-18)19(20)21/h3-8,12,14,19H,9-11H2,1-2H3. The minimum absolute atomic E-state index is 0.0549. The molecule has 4 rings (SSSR count). The molecule has 0 unspecified atom stereocenters. The van der Waals surface area contributed by atoms with E-state index in [2.05, 4.69) is 9.99 Å². The Morgan fingerprint density at radius 1 is 1.19 bits per heavy atom. The molecule has 1 aromatic carbocycles. The van der Waals surface area contributed by atoms with Gasteiger partial charge in [0.15, 0.2) is 0 Å². The molecular formula is C19H21F2N3O2. The lowest BCUT2D eigenvalue weighted by Gasteiger charge is -2.40. The highest BCUT2D eigenvalue weighted by Crippen LogP contribution is 2.41. The van der Waals surface area contributed by atoms with Crippen LogP contribution in [0.3, 0.4) is 0 Å². The van der Waals surface area contributed by atoms with Crippen LogP contribution in [0.4, 0.5) is 20.3 Å². The number of pyridine rings is 1.